The van der Waals surface area contributed by atoms with Gasteiger partial charge in [0.1, 0.15) is 0 Å². The Kier molecular flexibility index (Phi) is 4.26. The number of halogens is 3. The average Bonchev–Trinajstić information content (AvgIpc) is 2.99. The van der Waals surface area contributed by atoms with E-state index in [-0.39, 0.29) is 5.91 Å². The van der Waals surface area contributed by atoms with Crippen LogP contribution in [0.2, 0.25) is 0 Å². The van der Waals surface area contributed by atoms with Crippen LogP contribution in [-0.4, -0.2) is 17.4 Å². The van der Waals surface area contributed by atoms with Gasteiger partial charge in [0.15, 0.2) is 0 Å². The molecule has 0 atom stereocenters. The minimum atomic E-state index is -4.34. The van der Waals surface area contributed by atoms with Crippen LogP contribution in [0.25, 0.3) is 6.08 Å². The van der Waals surface area contributed by atoms with Gasteiger partial charge in [-0.1, -0.05) is 12.1 Å². The van der Waals surface area contributed by atoms with E-state index in [4.69, 9.17) is 0 Å². The first kappa shape index (κ1) is 15.8. The van der Waals surface area contributed by atoms with Gasteiger partial charge in [0.25, 0.3) is 0 Å². The normalized spacial score (nSPS) is 15.0. The van der Waals surface area contributed by atoms with Gasteiger partial charge in [-0.05, 0) is 47.2 Å². The van der Waals surface area contributed by atoms with Crippen LogP contribution >= 0.6 is 11.3 Å². The first-order valence-corrected chi connectivity index (χ1v) is 8.01. The van der Waals surface area contributed by atoms with Crippen molar-refractivity contribution in [2.24, 2.45) is 0 Å². The third-order valence-corrected chi connectivity index (χ3v) is 4.80. The summed E-state index contributed by atoms with van der Waals surface area (Å²) in [6.07, 6.45) is -0.525. The van der Waals surface area contributed by atoms with E-state index in [0.717, 1.165) is 18.6 Å². The highest BCUT2D eigenvalue weighted by Crippen LogP contribution is 2.29. The molecule has 0 saturated heterocycles. The molecule has 0 spiro atoms. The van der Waals surface area contributed by atoms with Gasteiger partial charge in [-0.25, -0.2) is 0 Å². The standard InChI is InChI=1S/C17H14F3NOS/c18-17(19,20)14-4-1-12(2-5-14)3-6-16(22)21-9-7-15-13(11-21)8-10-23-15/h1-6,8,10H,7,9,11H2/b6-3+. The molecule has 2 heterocycles. The Labute approximate surface area is 135 Å². The largest absolute Gasteiger partial charge is 0.416 e. The van der Waals surface area contributed by atoms with Crippen LogP contribution in [0.3, 0.4) is 0 Å². The summed E-state index contributed by atoms with van der Waals surface area (Å²) in [7, 11) is 0. The fourth-order valence-electron chi connectivity index (χ4n) is 2.49. The van der Waals surface area contributed by atoms with Crippen molar-refractivity contribution in [2.75, 3.05) is 6.54 Å². The summed E-state index contributed by atoms with van der Waals surface area (Å²) in [6.45, 7) is 1.26. The Morgan fingerprint density at radius 3 is 2.61 bits per heavy atom. The molecule has 3 rings (SSSR count). The summed E-state index contributed by atoms with van der Waals surface area (Å²) in [4.78, 5) is 15.3. The number of fused-ring (bicyclic) bond motifs is 1. The van der Waals surface area contributed by atoms with Crippen LogP contribution in [0.5, 0.6) is 0 Å². The third-order valence-electron chi connectivity index (χ3n) is 3.78. The summed E-state index contributed by atoms with van der Waals surface area (Å²) >= 11 is 1.70. The average molecular weight is 337 g/mol. The number of rotatable bonds is 2. The fourth-order valence-corrected chi connectivity index (χ4v) is 3.38. The molecule has 2 nitrogen and oxygen atoms in total. The topological polar surface area (TPSA) is 20.3 Å². The van der Waals surface area contributed by atoms with Crippen molar-refractivity contribution in [3.8, 4) is 0 Å². The van der Waals surface area contributed by atoms with Gasteiger partial charge in [-0.2, -0.15) is 13.2 Å². The summed E-state index contributed by atoms with van der Waals surface area (Å²) < 4.78 is 37.5. The maximum Gasteiger partial charge on any atom is 0.416 e. The van der Waals surface area contributed by atoms with Crippen molar-refractivity contribution < 1.29 is 18.0 Å². The van der Waals surface area contributed by atoms with Gasteiger partial charge in [0.05, 0.1) is 5.56 Å². The zero-order valence-corrected chi connectivity index (χ0v) is 13.0. The van der Waals surface area contributed by atoms with Crippen molar-refractivity contribution in [3.05, 3.63) is 63.4 Å². The molecule has 0 N–H and O–H groups in total. The van der Waals surface area contributed by atoms with Gasteiger partial charge in [-0.3, -0.25) is 4.79 Å². The minimum Gasteiger partial charge on any atom is -0.334 e. The second kappa shape index (κ2) is 6.20. The van der Waals surface area contributed by atoms with Crippen LogP contribution in [0.4, 0.5) is 13.2 Å². The molecule has 120 valence electrons. The molecule has 1 aromatic heterocycles. The Morgan fingerprint density at radius 2 is 1.91 bits per heavy atom. The molecule has 0 radical (unpaired) electrons. The van der Waals surface area contributed by atoms with Gasteiger partial charge in [-0.15, -0.1) is 11.3 Å². The number of carbonyl (C=O) groups is 1. The van der Waals surface area contributed by atoms with Gasteiger partial charge in [0.2, 0.25) is 5.91 Å². The van der Waals surface area contributed by atoms with E-state index < -0.39 is 11.7 Å². The molecule has 0 bridgehead atoms. The van der Waals surface area contributed by atoms with E-state index in [1.807, 2.05) is 11.4 Å². The lowest BCUT2D eigenvalue weighted by molar-refractivity contribution is -0.137. The first-order valence-electron chi connectivity index (χ1n) is 7.13. The lowest BCUT2D eigenvalue weighted by Gasteiger charge is -2.25. The zero-order chi connectivity index (χ0) is 16.4. The predicted molar refractivity (Wildman–Crippen MR) is 83.9 cm³/mol. The Hall–Kier alpha value is -2.08. The van der Waals surface area contributed by atoms with Crippen molar-refractivity contribution in [2.45, 2.75) is 19.1 Å². The van der Waals surface area contributed by atoms with E-state index in [0.29, 0.717) is 18.7 Å². The first-order chi connectivity index (χ1) is 10.9. The summed E-state index contributed by atoms with van der Waals surface area (Å²) in [6, 6.07) is 6.78. The van der Waals surface area contributed by atoms with Crippen molar-refractivity contribution in [3.63, 3.8) is 0 Å². The molecule has 0 saturated carbocycles. The molecule has 2 aromatic rings. The second-order valence-electron chi connectivity index (χ2n) is 5.33. The highest BCUT2D eigenvalue weighted by atomic mass is 32.1. The number of thiophene rings is 1. The number of alkyl halides is 3. The molecule has 23 heavy (non-hydrogen) atoms. The molecule has 1 aliphatic heterocycles. The number of nitrogens with zero attached hydrogens (tertiary/aromatic N) is 1. The van der Waals surface area contributed by atoms with Crippen LogP contribution in [0, 0.1) is 0 Å². The highest BCUT2D eigenvalue weighted by molar-refractivity contribution is 7.10. The van der Waals surface area contributed by atoms with Crippen LogP contribution in [-0.2, 0) is 23.9 Å². The maximum absolute atomic E-state index is 12.5. The second-order valence-corrected chi connectivity index (χ2v) is 6.33. The highest BCUT2D eigenvalue weighted by Gasteiger charge is 2.29. The van der Waals surface area contributed by atoms with Crippen molar-refractivity contribution in [1.82, 2.24) is 4.90 Å². The Balaban J connectivity index is 1.65. The number of hydrogen-bond acceptors (Lipinski definition) is 2. The predicted octanol–water partition coefficient (Wildman–Crippen LogP) is 4.37. The van der Waals surface area contributed by atoms with Crippen molar-refractivity contribution >= 4 is 23.3 Å². The Morgan fingerprint density at radius 1 is 1.17 bits per heavy atom. The van der Waals surface area contributed by atoms with Gasteiger partial charge >= 0.3 is 6.18 Å². The third kappa shape index (κ3) is 3.64. The van der Waals surface area contributed by atoms with E-state index in [1.165, 1.54) is 28.6 Å². The molecule has 1 aliphatic rings. The van der Waals surface area contributed by atoms with Crippen LogP contribution in [0.15, 0.2) is 41.8 Å². The van der Waals surface area contributed by atoms with E-state index in [1.54, 1.807) is 22.3 Å². The Bertz CT molecular complexity index is 731. The lowest BCUT2D eigenvalue weighted by atomic mass is 10.1. The SMILES string of the molecule is O=C(/C=C/c1ccc(C(F)(F)F)cc1)N1CCc2sccc2C1. The molecule has 0 fully saturated rings. The van der Waals surface area contributed by atoms with Crippen LogP contribution < -0.4 is 0 Å². The molecule has 1 aromatic carbocycles. The monoisotopic (exact) mass is 337 g/mol. The number of benzene rings is 1. The summed E-state index contributed by atoms with van der Waals surface area (Å²) in [5.41, 5.74) is 1.05. The number of hydrogen-bond donors (Lipinski definition) is 0. The summed E-state index contributed by atoms with van der Waals surface area (Å²) in [5.74, 6) is -0.123. The van der Waals surface area contributed by atoms with E-state index >= 15 is 0 Å². The van der Waals surface area contributed by atoms with E-state index in [9.17, 15) is 18.0 Å². The minimum absolute atomic E-state index is 0.123. The fraction of sp³-hybridized carbons (Fsp3) is 0.235. The molecular formula is C17H14F3NOS. The van der Waals surface area contributed by atoms with E-state index in [2.05, 4.69) is 0 Å². The van der Waals surface area contributed by atoms with Gasteiger partial charge < -0.3 is 4.90 Å². The smallest absolute Gasteiger partial charge is 0.334 e. The van der Waals surface area contributed by atoms with Crippen LogP contribution in [0.1, 0.15) is 21.6 Å². The lowest BCUT2D eigenvalue weighted by Crippen LogP contribution is -2.34. The number of carbonyl (C=O) groups excluding carboxylic acids is 1. The molecule has 0 aliphatic carbocycles. The zero-order valence-electron chi connectivity index (χ0n) is 12.1. The molecule has 0 unspecified atom stereocenters. The quantitative estimate of drug-likeness (QED) is 0.746. The number of amides is 1. The van der Waals surface area contributed by atoms with Crippen molar-refractivity contribution in [1.29, 1.82) is 0 Å². The molecule has 1 amide bonds. The maximum atomic E-state index is 12.5. The molecule has 6 heteroatoms. The van der Waals surface area contributed by atoms with Gasteiger partial charge in [0, 0.05) is 24.0 Å². The summed E-state index contributed by atoms with van der Waals surface area (Å²) in [5, 5.41) is 2.02. The molecular weight excluding hydrogens is 323 g/mol.